The van der Waals surface area contributed by atoms with Gasteiger partial charge in [0.25, 0.3) is 5.56 Å². The van der Waals surface area contributed by atoms with Crippen LogP contribution < -0.4 is 21.1 Å². The van der Waals surface area contributed by atoms with Gasteiger partial charge in [0.05, 0.1) is 22.6 Å². The molecule has 9 nitrogen and oxygen atoms in total. The van der Waals surface area contributed by atoms with Crippen LogP contribution >= 0.6 is 0 Å². The number of rotatable bonds is 2. The number of anilines is 1. The van der Waals surface area contributed by atoms with Gasteiger partial charge in [-0.05, 0) is 37.5 Å². The van der Waals surface area contributed by atoms with Gasteiger partial charge in [-0.3, -0.25) is 29.2 Å². The summed E-state index contributed by atoms with van der Waals surface area (Å²) in [5.74, 6) is 0.400. The smallest absolute Gasteiger partial charge is 0.262 e. The van der Waals surface area contributed by atoms with Crippen molar-refractivity contribution in [3.63, 3.8) is 0 Å². The molecule has 2 N–H and O–H groups in total. The first-order valence-electron chi connectivity index (χ1n) is 12.5. The zero-order chi connectivity index (χ0) is 25.0. The Morgan fingerprint density at radius 3 is 2.67 bits per heavy atom. The molecule has 2 amide bonds. The van der Waals surface area contributed by atoms with Crippen LogP contribution in [-0.4, -0.2) is 33.6 Å². The minimum absolute atomic E-state index is 0.00111. The van der Waals surface area contributed by atoms with Crippen LogP contribution in [0.3, 0.4) is 0 Å². The van der Waals surface area contributed by atoms with Crippen molar-refractivity contribution in [1.82, 2.24) is 20.2 Å². The maximum absolute atomic E-state index is 13.7. The number of carbonyl (C=O) groups excluding carboxylic acids is 2. The molecular weight excluding hydrogens is 458 g/mol. The SMILES string of the molecule is CC(C)C[C@@H]1N[C@@H]2N(C1=O)c1ccccc1[C@]21C[C@@H]2C(=O)N[C@](C)(O1)c1nc3ccccc3c(=O)n12. The van der Waals surface area contributed by atoms with Crippen LogP contribution in [0.1, 0.15) is 51.0 Å². The molecule has 1 spiro atoms. The lowest BCUT2D eigenvalue weighted by atomic mass is 9.86. The van der Waals surface area contributed by atoms with E-state index in [1.807, 2.05) is 30.3 Å². The molecule has 2 fully saturated rings. The van der Waals surface area contributed by atoms with E-state index >= 15 is 0 Å². The molecule has 0 aliphatic carbocycles. The molecule has 5 atom stereocenters. The number of hydrogen-bond donors (Lipinski definition) is 2. The summed E-state index contributed by atoms with van der Waals surface area (Å²) < 4.78 is 8.47. The topological polar surface area (TPSA) is 106 Å². The van der Waals surface area contributed by atoms with Gasteiger partial charge < -0.3 is 10.1 Å². The molecule has 2 saturated heterocycles. The fourth-order valence-electron chi connectivity index (χ4n) is 6.61. The summed E-state index contributed by atoms with van der Waals surface area (Å²) in [6.45, 7) is 5.93. The maximum atomic E-state index is 13.7. The van der Waals surface area contributed by atoms with Crippen molar-refractivity contribution in [1.29, 1.82) is 0 Å². The normalized spacial score (nSPS) is 32.1. The molecule has 9 heteroatoms. The third-order valence-electron chi connectivity index (χ3n) is 8.01. The molecule has 0 saturated carbocycles. The van der Waals surface area contributed by atoms with E-state index in [1.54, 1.807) is 30.0 Å². The Labute approximate surface area is 207 Å². The second-order valence-electron chi connectivity index (χ2n) is 10.8. The second kappa shape index (κ2) is 7.02. The number of aromatic nitrogens is 2. The molecule has 5 aliphatic rings. The number of ether oxygens (including phenoxy) is 1. The van der Waals surface area contributed by atoms with Crippen LogP contribution in [0.4, 0.5) is 5.69 Å². The van der Waals surface area contributed by atoms with Gasteiger partial charge in [-0.2, -0.15) is 0 Å². The zero-order valence-corrected chi connectivity index (χ0v) is 20.3. The lowest BCUT2D eigenvalue weighted by Gasteiger charge is -2.40. The van der Waals surface area contributed by atoms with Crippen molar-refractivity contribution in [2.75, 3.05) is 4.90 Å². The van der Waals surface area contributed by atoms with E-state index in [0.29, 0.717) is 29.1 Å². The lowest BCUT2D eigenvalue weighted by molar-refractivity contribution is -0.181. The Hall–Kier alpha value is -3.56. The predicted molar refractivity (Wildman–Crippen MR) is 132 cm³/mol. The number of amides is 2. The monoisotopic (exact) mass is 485 g/mol. The third kappa shape index (κ3) is 2.62. The van der Waals surface area contributed by atoms with Gasteiger partial charge in [0.15, 0.2) is 11.5 Å². The van der Waals surface area contributed by atoms with E-state index in [2.05, 4.69) is 24.5 Å². The zero-order valence-electron chi connectivity index (χ0n) is 20.3. The molecule has 0 radical (unpaired) electrons. The Kier molecular flexibility index (Phi) is 4.23. The Morgan fingerprint density at radius 1 is 1.11 bits per heavy atom. The van der Waals surface area contributed by atoms with Crippen molar-refractivity contribution in [3.05, 3.63) is 70.3 Å². The highest BCUT2D eigenvalue weighted by molar-refractivity contribution is 6.03. The highest BCUT2D eigenvalue weighted by Gasteiger charge is 2.66. The molecule has 0 unspecified atom stereocenters. The number of para-hydroxylation sites is 2. The Morgan fingerprint density at radius 2 is 1.86 bits per heavy atom. The highest BCUT2D eigenvalue weighted by Crippen LogP contribution is 2.56. The second-order valence-corrected chi connectivity index (χ2v) is 10.8. The van der Waals surface area contributed by atoms with Gasteiger partial charge in [-0.15, -0.1) is 0 Å². The largest absolute Gasteiger partial charge is 0.334 e. The average molecular weight is 486 g/mol. The van der Waals surface area contributed by atoms with E-state index in [9.17, 15) is 14.4 Å². The summed E-state index contributed by atoms with van der Waals surface area (Å²) >= 11 is 0. The minimum atomic E-state index is -1.38. The highest BCUT2D eigenvalue weighted by atomic mass is 16.5. The fourth-order valence-corrected chi connectivity index (χ4v) is 6.61. The van der Waals surface area contributed by atoms with Crippen molar-refractivity contribution in [2.45, 2.75) is 63.2 Å². The molecular formula is C27H27N5O4. The van der Waals surface area contributed by atoms with Crippen LogP contribution in [0.2, 0.25) is 0 Å². The van der Waals surface area contributed by atoms with Crippen molar-refractivity contribution < 1.29 is 14.3 Å². The van der Waals surface area contributed by atoms with E-state index < -0.39 is 23.5 Å². The first kappa shape index (κ1) is 21.7. The van der Waals surface area contributed by atoms with Crippen LogP contribution in [0.25, 0.3) is 10.9 Å². The number of benzene rings is 2. The van der Waals surface area contributed by atoms with Gasteiger partial charge in [0.2, 0.25) is 11.8 Å². The van der Waals surface area contributed by atoms with Crippen molar-refractivity contribution in [3.8, 4) is 0 Å². The van der Waals surface area contributed by atoms with E-state index in [-0.39, 0.29) is 29.8 Å². The summed E-state index contributed by atoms with van der Waals surface area (Å²) in [7, 11) is 0. The summed E-state index contributed by atoms with van der Waals surface area (Å²) in [6, 6.07) is 13.6. The van der Waals surface area contributed by atoms with Gasteiger partial charge >= 0.3 is 0 Å². The first-order chi connectivity index (χ1) is 17.2. The molecule has 2 bridgehead atoms. The van der Waals surface area contributed by atoms with Crippen LogP contribution in [0.15, 0.2) is 53.3 Å². The molecule has 3 aromatic rings. The number of hydrogen-bond acceptors (Lipinski definition) is 6. The lowest BCUT2D eigenvalue weighted by Crippen LogP contribution is -2.57. The first-order valence-corrected chi connectivity index (χ1v) is 12.5. The molecule has 2 aromatic carbocycles. The molecule has 5 aliphatic heterocycles. The van der Waals surface area contributed by atoms with E-state index in [0.717, 1.165) is 11.3 Å². The van der Waals surface area contributed by atoms with Crippen LogP contribution in [0.5, 0.6) is 0 Å². The van der Waals surface area contributed by atoms with E-state index in [4.69, 9.17) is 9.72 Å². The molecule has 184 valence electrons. The number of fused-ring (bicyclic) bond motifs is 5. The summed E-state index contributed by atoms with van der Waals surface area (Å²) in [5.41, 5.74) is -0.553. The number of nitrogens with one attached hydrogen (secondary N) is 2. The van der Waals surface area contributed by atoms with E-state index in [1.165, 1.54) is 4.57 Å². The van der Waals surface area contributed by atoms with Gasteiger partial charge in [0.1, 0.15) is 17.8 Å². The van der Waals surface area contributed by atoms with Gasteiger partial charge in [0, 0.05) is 12.0 Å². The molecule has 6 heterocycles. The molecule has 8 rings (SSSR count). The quantitative estimate of drug-likeness (QED) is 0.577. The van der Waals surface area contributed by atoms with Gasteiger partial charge in [-0.1, -0.05) is 44.2 Å². The Bertz CT molecular complexity index is 1530. The summed E-state index contributed by atoms with van der Waals surface area (Å²) in [5, 5.41) is 7.01. The average Bonchev–Trinajstić information content (AvgIpc) is 3.20. The Balaban J connectivity index is 1.46. The predicted octanol–water partition coefficient (Wildman–Crippen LogP) is 2.25. The fraction of sp³-hybridized carbons (Fsp3) is 0.407. The van der Waals surface area contributed by atoms with Crippen molar-refractivity contribution >= 4 is 28.4 Å². The maximum Gasteiger partial charge on any atom is 0.262 e. The van der Waals surface area contributed by atoms with Crippen molar-refractivity contribution in [2.24, 2.45) is 5.92 Å². The minimum Gasteiger partial charge on any atom is -0.334 e. The summed E-state index contributed by atoms with van der Waals surface area (Å²) in [6.07, 6.45) is 0.364. The number of nitrogens with zero attached hydrogens (tertiary/aromatic N) is 3. The molecule has 1 aromatic heterocycles. The van der Waals surface area contributed by atoms with Crippen LogP contribution in [-0.2, 0) is 25.7 Å². The van der Waals surface area contributed by atoms with Gasteiger partial charge in [-0.25, -0.2) is 4.98 Å². The summed E-state index contributed by atoms with van der Waals surface area (Å²) in [4.78, 5) is 47.4. The van der Waals surface area contributed by atoms with Crippen LogP contribution in [0, 0.1) is 5.92 Å². The molecule has 36 heavy (non-hydrogen) atoms. The number of carbonyl (C=O) groups is 2. The third-order valence-corrected chi connectivity index (χ3v) is 8.01. The standard InChI is InChI=1S/C27H27N5O4/c1-14(2)12-18-23(35)31-19-11-7-5-9-16(19)27(25(31)29-18)13-20-21(33)30-26(3,36-27)24-28-17-10-6-4-8-15(17)22(34)32(20)24/h4-11,14,18,20,25,29H,12-13H2,1-3H3,(H,30,33)/t18-,20+,25+,26+,27+/m0/s1.